The predicted molar refractivity (Wildman–Crippen MR) is 77.5 cm³/mol. The quantitative estimate of drug-likeness (QED) is 0.803. The molecule has 1 saturated carbocycles. The van der Waals surface area contributed by atoms with E-state index in [0.29, 0.717) is 11.0 Å². The molecular formula is C14H20N2S. The van der Waals surface area contributed by atoms with Crippen LogP contribution in [0.1, 0.15) is 37.3 Å². The van der Waals surface area contributed by atoms with Crippen LogP contribution in [0.2, 0.25) is 0 Å². The lowest BCUT2D eigenvalue weighted by Crippen LogP contribution is -2.31. The number of aryl methyl sites for hydroxylation is 1. The van der Waals surface area contributed by atoms with Crippen LogP contribution in [-0.4, -0.2) is 11.0 Å². The van der Waals surface area contributed by atoms with E-state index < -0.39 is 0 Å². The molecule has 2 rings (SSSR count). The molecule has 0 bridgehead atoms. The van der Waals surface area contributed by atoms with Crippen molar-refractivity contribution in [2.45, 2.75) is 39.2 Å². The first-order valence-corrected chi connectivity index (χ1v) is 6.65. The van der Waals surface area contributed by atoms with Gasteiger partial charge in [0.15, 0.2) is 0 Å². The summed E-state index contributed by atoms with van der Waals surface area (Å²) in [6.45, 7) is 4.33. The Hall–Kier alpha value is -1.09. The van der Waals surface area contributed by atoms with Crippen LogP contribution in [0.5, 0.6) is 0 Å². The van der Waals surface area contributed by atoms with Crippen molar-refractivity contribution in [1.29, 1.82) is 0 Å². The summed E-state index contributed by atoms with van der Waals surface area (Å²) >= 11 is 5.09. The summed E-state index contributed by atoms with van der Waals surface area (Å²) in [5.74, 6) is 0.801. The van der Waals surface area contributed by atoms with E-state index in [0.717, 1.165) is 17.2 Å². The SMILES string of the molecule is Cc1ccc(C(N)=S)c(NC(C)C2CCC2)c1. The fraction of sp³-hybridized carbons (Fsp3) is 0.500. The van der Waals surface area contributed by atoms with Gasteiger partial charge in [-0.1, -0.05) is 24.7 Å². The molecule has 92 valence electrons. The van der Waals surface area contributed by atoms with Crippen molar-refractivity contribution in [3.63, 3.8) is 0 Å². The Balaban J connectivity index is 2.17. The number of rotatable bonds is 4. The van der Waals surface area contributed by atoms with Gasteiger partial charge in [0.25, 0.3) is 0 Å². The summed E-state index contributed by atoms with van der Waals surface area (Å²) in [7, 11) is 0. The molecule has 0 spiro atoms. The fourth-order valence-corrected chi connectivity index (χ4v) is 2.47. The van der Waals surface area contributed by atoms with Crippen LogP contribution in [0.3, 0.4) is 0 Å². The number of nitrogens with one attached hydrogen (secondary N) is 1. The van der Waals surface area contributed by atoms with Gasteiger partial charge in [0.05, 0.1) is 0 Å². The number of hydrogen-bond acceptors (Lipinski definition) is 2. The summed E-state index contributed by atoms with van der Waals surface area (Å²) in [5.41, 5.74) is 9.02. The minimum absolute atomic E-state index is 0.466. The Morgan fingerprint density at radius 2 is 2.18 bits per heavy atom. The monoisotopic (exact) mass is 248 g/mol. The Morgan fingerprint density at radius 1 is 1.47 bits per heavy atom. The zero-order chi connectivity index (χ0) is 12.4. The van der Waals surface area contributed by atoms with Crippen LogP contribution in [-0.2, 0) is 0 Å². The minimum atomic E-state index is 0.466. The summed E-state index contributed by atoms with van der Waals surface area (Å²) in [6, 6.07) is 6.68. The lowest BCUT2D eigenvalue weighted by molar-refractivity contribution is 0.285. The van der Waals surface area contributed by atoms with E-state index in [1.165, 1.54) is 24.8 Å². The third-order valence-corrected chi connectivity index (χ3v) is 3.90. The smallest absolute Gasteiger partial charge is 0.106 e. The molecule has 1 aliphatic carbocycles. The molecule has 1 atom stereocenters. The van der Waals surface area contributed by atoms with Crippen molar-refractivity contribution >= 4 is 22.9 Å². The van der Waals surface area contributed by atoms with E-state index in [1.807, 2.05) is 12.1 Å². The summed E-state index contributed by atoms with van der Waals surface area (Å²) < 4.78 is 0. The van der Waals surface area contributed by atoms with Gasteiger partial charge in [0.1, 0.15) is 4.99 Å². The van der Waals surface area contributed by atoms with E-state index in [2.05, 4.69) is 25.2 Å². The Labute approximate surface area is 109 Å². The molecule has 17 heavy (non-hydrogen) atoms. The van der Waals surface area contributed by atoms with Gasteiger partial charge in [-0.2, -0.15) is 0 Å². The Bertz CT molecular complexity index is 424. The second-order valence-corrected chi connectivity index (χ2v) is 5.48. The highest BCUT2D eigenvalue weighted by atomic mass is 32.1. The summed E-state index contributed by atoms with van der Waals surface area (Å²) in [4.78, 5) is 0.466. The van der Waals surface area contributed by atoms with Crippen LogP contribution in [0, 0.1) is 12.8 Å². The van der Waals surface area contributed by atoms with Gasteiger partial charge in [-0.25, -0.2) is 0 Å². The molecule has 0 amide bonds. The average Bonchev–Trinajstić information content (AvgIpc) is 2.13. The van der Waals surface area contributed by atoms with Gasteiger partial charge in [0, 0.05) is 17.3 Å². The van der Waals surface area contributed by atoms with Crippen molar-refractivity contribution in [3.05, 3.63) is 29.3 Å². The second-order valence-electron chi connectivity index (χ2n) is 5.04. The maximum atomic E-state index is 5.75. The molecule has 1 aromatic carbocycles. The maximum Gasteiger partial charge on any atom is 0.106 e. The molecule has 0 radical (unpaired) electrons. The van der Waals surface area contributed by atoms with Crippen molar-refractivity contribution in [2.75, 3.05) is 5.32 Å². The number of hydrogen-bond donors (Lipinski definition) is 2. The molecule has 0 heterocycles. The van der Waals surface area contributed by atoms with Crippen LogP contribution in [0.4, 0.5) is 5.69 Å². The minimum Gasteiger partial charge on any atom is -0.389 e. The van der Waals surface area contributed by atoms with E-state index in [9.17, 15) is 0 Å². The fourth-order valence-electron chi connectivity index (χ4n) is 2.30. The van der Waals surface area contributed by atoms with Crippen LogP contribution < -0.4 is 11.1 Å². The van der Waals surface area contributed by atoms with Crippen molar-refractivity contribution in [2.24, 2.45) is 11.7 Å². The zero-order valence-corrected chi connectivity index (χ0v) is 11.3. The normalized spacial score (nSPS) is 17.3. The van der Waals surface area contributed by atoms with Gasteiger partial charge >= 0.3 is 0 Å². The van der Waals surface area contributed by atoms with Gasteiger partial charge < -0.3 is 11.1 Å². The molecule has 1 unspecified atom stereocenters. The molecule has 2 nitrogen and oxygen atoms in total. The predicted octanol–water partition coefficient (Wildman–Crippen LogP) is 3.23. The Kier molecular flexibility index (Phi) is 3.67. The largest absolute Gasteiger partial charge is 0.389 e. The number of anilines is 1. The molecule has 1 aliphatic rings. The first-order valence-electron chi connectivity index (χ1n) is 6.25. The lowest BCUT2D eigenvalue weighted by atomic mass is 9.80. The summed E-state index contributed by atoms with van der Waals surface area (Å²) in [6.07, 6.45) is 4.04. The maximum absolute atomic E-state index is 5.75. The zero-order valence-electron chi connectivity index (χ0n) is 10.5. The van der Waals surface area contributed by atoms with Gasteiger partial charge in [-0.3, -0.25) is 0 Å². The lowest BCUT2D eigenvalue weighted by Gasteiger charge is -2.33. The highest BCUT2D eigenvalue weighted by molar-refractivity contribution is 7.80. The molecule has 0 saturated heterocycles. The molecule has 1 fully saturated rings. The number of benzene rings is 1. The van der Waals surface area contributed by atoms with Crippen molar-refractivity contribution in [1.82, 2.24) is 0 Å². The molecular weight excluding hydrogens is 228 g/mol. The van der Waals surface area contributed by atoms with Crippen molar-refractivity contribution in [3.8, 4) is 0 Å². The molecule has 1 aromatic rings. The highest BCUT2D eigenvalue weighted by Crippen LogP contribution is 2.31. The van der Waals surface area contributed by atoms with Crippen LogP contribution in [0.25, 0.3) is 0 Å². The molecule has 0 aromatic heterocycles. The Morgan fingerprint density at radius 3 is 2.71 bits per heavy atom. The van der Waals surface area contributed by atoms with E-state index in [-0.39, 0.29) is 0 Å². The van der Waals surface area contributed by atoms with Crippen molar-refractivity contribution < 1.29 is 0 Å². The van der Waals surface area contributed by atoms with Gasteiger partial charge in [-0.05, 0) is 50.3 Å². The molecule has 3 N–H and O–H groups in total. The molecule has 0 aliphatic heterocycles. The number of nitrogens with two attached hydrogens (primary N) is 1. The van der Waals surface area contributed by atoms with Gasteiger partial charge in [-0.15, -0.1) is 0 Å². The first-order chi connectivity index (χ1) is 8.08. The second kappa shape index (κ2) is 5.05. The third kappa shape index (κ3) is 2.78. The topological polar surface area (TPSA) is 38.0 Å². The standard InChI is InChI=1S/C14H20N2S/c1-9-6-7-12(14(15)17)13(8-9)16-10(2)11-4-3-5-11/h6-8,10-11,16H,3-5H2,1-2H3,(H2,15,17). The highest BCUT2D eigenvalue weighted by Gasteiger charge is 2.24. The van der Waals surface area contributed by atoms with Crippen LogP contribution >= 0.6 is 12.2 Å². The van der Waals surface area contributed by atoms with E-state index in [1.54, 1.807) is 0 Å². The van der Waals surface area contributed by atoms with E-state index >= 15 is 0 Å². The number of thiocarbonyl (C=S) groups is 1. The molecule has 3 heteroatoms. The third-order valence-electron chi connectivity index (χ3n) is 3.68. The van der Waals surface area contributed by atoms with E-state index in [4.69, 9.17) is 18.0 Å². The first kappa shape index (κ1) is 12.4. The van der Waals surface area contributed by atoms with Crippen LogP contribution in [0.15, 0.2) is 18.2 Å². The summed E-state index contributed by atoms with van der Waals surface area (Å²) in [5, 5.41) is 3.57. The average molecular weight is 248 g/mol. The van der Waals surface area contributed by atoms with Gasteiger partial charge in [0.2, 0.25) is 0 Å².